The molecule has 0 bridgehead atoms. The van der Waals surface area contributed by atoms with E-state index in [4.69, 9.17) is 16.5 Å². The van der Waals surface area contributed by atoms with Crippen LogP contribution in [0.2, 0.25) is 0 Å². The number of nitrogens with one attached hydrogen (secondary N) is 1. The molecule has 0 spiro atoms. The van der Waals surface area contributed by atoms with Crippen molar-refractivity contribution < 1.29 is 4.98 Å². The first-order chi connectivity index (χ1) is 22.7. The Morgan fingerprint density at radius 1 is 0.480 bits per heavy atom. The molecule has 1 aromatic heterocycles. The smallest absolute Gasteiger partial charge is 0.233 e. The van der Waals surface area contributed by atoms with Gasteiger partial charge in [0.2, 0.25) is 11.0 Å². The van der Waals surface area contributed by atoms with Crippen LogP contribution in [0.5, 0.6) is 0 Å². The summed E-state index contributed by atoms with van der Waals surface area (Å²) in [4.78, 5) is 17.1. The van der Waals surface area contributed by atoms with Crippen molar-refractivity contribution in [2.24, 2.45) is 0 Å². The van der Waals surface area contributed by atoms with Crippen LogP contribution >= 0.6 is 0 Å². The Bertz CT molecular complexity index is 1680. The summed E-state index contributed by atoms with van der Waals surface area (Å²) in [6.45, 7) is 8.63. The molecule has 1 heterocycles. The van der Waals surface area contributed by atoms with Gasteiger partial charge in [0.15, 0.2) is 0 Å². The predicted molar refractivity (Wildman–Crippen MR) is 225 cm³/mol. The lowest BCUT2D eigenvalue weighted by molar-refractivity contribution is -0.311. The lowest BCUT2D eigenvalue weighted by Crippen LogP contribution is -2.16. The number of nitrogens with two attached hydrogens (primary N) is 2. The number of aryl methyl sites for hydroxylation is 4. The van der Waals surface area contributed by atoms with Gasteiger partial charge >= 0.3 is 0 Å². The minimum atomic E-state index is 0. The largest absolute Gasteiger partial charge is 0.399 e. The topological polar surface area (TPSA) is 92.0 Å². The Morgan fingerprint density at radius 3 is 1.06 bits per heavy atom. The van der Waals surface area contributed by atoms with E-state index in [0.29, 0.717) is 0 Å². The van der Waals surface area contributed by atoms with Crippen molar-refractivity contribution in [3.63, 3.8) is 0 Å². The van der Waals surface area contributed by atoms with Crippen LogP contribution in [-0.2, 0) is 25.7 Å². The third-order valence-corrected chi connectivity index (χ3v) is 8.70. The Labute approximate surface area is 304 Å². The number of fused-ring (bicyclic) bond motifs is 2. The van der Waals surface area contributed by atoms with Crippen LogP contribution < -0.4 is 36.1 Å². The first-order valence-electron chi connectivity index (χ1n) is 17.0. The second-order valence-electron chi connectivity index (χ2n) is 13.0. The fraction of sp³-hybridized carbons (Fsp3) is 0.405. The Balaban J connectivity index is 0.000000408. The molecule has 0 saturated carbocycles. The standard InChI is InChI=1S/C20H26N4.2C10H16N2.CH4.CH3/c1-7-13-9-15(23(3)4)11-17-19(13)22-20-14(8-2)10-16(24(5)6)12-18(20)21-17;2*1-4-8-7-9(12(2)3)5-6-10(8)11;;/h9-12H,7-8H2,1-6H3;2*5-7H,4,11H2,1-3H3;1H4;1H3/q;;;;-1/p+1. The lowest BCUT2D eigenvalue weighted by atomic mass is 10.1. The van der Waals surface area contributed by atoms with Crippen LogP contribution in [0, 0.1) is 7.43 Å². The van der Waals surface area contributed by atoms with Crippen LogP contribution in [0.3, 0.4) is 0 Å². The van der Waals surface area contributed by atoms with Gasteiger partial charge in [-0.15, -0.1) is 0 Å². The van der Waals surface area contributed by atoms with Gasteiger partial charge in [-0.05, 0) is 97.5 Å². The van der Waals surface area contributed by atoms with E-state index in [1.807, 2.05) is 52.5 Å². The number of hydrogen-bond donors (Lipinski definition) is 2. The Kier molecular flexibility index (Phi) is 16.9. The third kappa shape index (κ3) is 10.6. The number of anilines is 6. The van der Waals surface area contributed by atoms with Gasteiger partial charge in [-0.2, -0.15) is 0 Å². The molecule has 274 valence electrons. The summed E-state index contributed by atoms with van der Waals surface area (Å²) < 4.78 is 0. The minimum Gasteiger partial charge on any atom is -0.399 e. The predicted octanol–water partition coefficient (Wildman–Crippen LogP) is 8.34. The highest BCUT2D eigenvalue weighted by atomic mass is 15.1. The number of H-pyrrole nitrogens is 1. The molecule has 0 radical (unpaired) electrons. The summed E-state index contributed by atoms with van der Waals surface area (Å²) in [7, 11) is 16.4. The van der Waals surface area contributed by atoms with Gasteiger partial charge < -0.3 is 38.5 Å². The maximum Gasteiger partial charge on any atom is 0.233 e. The Hall–Kier alpha value is -4.72. The normalized spacial score (nSPS) is 10.2. The molecule has 5 N–H and O–H groups in total. The highest BCUT2D eigenvalue weighted by Crippen LogP contribution is 2.27. The van der Waals surface area contributed by atoms with E-state index in [1.165, 1.54) is 45.0 Å². The van der Waals surface area contributed by atoms with Crippen molar-refractivity contribution in [1.29, 1.82) is 0 Å². The average molecular weight is 683 g/mol. The molecular formula is C42H66N8. The molecule has 50 heavy (non-hydrogen) atoms. The maximum absolute atomic E-state index is 5.78. The number of benzene rings is 4. The van der Waals surface area contributed by atoms with Crippen LogP contribution in [0.4, 0.5) is 34.1 Å². The molecule has 8 nitrogen and oxygen atoms in total. The summed E-state index contributed by atoms with van der Waals surface area (Å²) in [5, 5.41) is 0. The van der Waals surface area contributed by atoms with E-state index in [-0.39, 0.29) is 14.9 Å². The molecule has 0 aliphatic carbocycles. The molecule has 0 saturated heterocycles. The monoisotopic (exact) mass is 683 g/mol. The summed E-state index contributed by atoms with van der Waals surface area (Å²) in [5.74, 6) is 0. The highest BCUT2D eigenvalue weighted by molar-refractivity contribution is 5.88. The molecule has 5 rings (SSSR count). The van der Waals surface area contributed by atoms with Gasteiger partial charge in [0, 0.05) is 102 Å². The second-order valence-corrected chi connectivity index (χ2v) is 13.0. The van der Waals surface area contributed by atoms with E-state index in [2.05, 4.69) is 117 Å². The first-order valence-corrected chi connectivity index (χ1v) is 17.0. The number of nitrogen functional groups attached to an aromatic ring is 2. The van der Waals surface area contributed by atoms with Crippen molar-refractivity contribution in [3.8, 4) is 0 Å². The maximum atomic E-state index is 5.78. The van der Waals surface area contributed by atoms with Gasteiger partial charge in [-0.1, -0.05) is 35.1 Å². The zero-order valence-electron chi connectivity index (χ0n) is 32.5. The van der Waals surface area contributed by atoms with Gasteiger partial charge in [0.25, 0.3) is 0 Å². The van der Waals surface area contributed by atoms with E-state index in [9.17, 15) is 0 Å². The lowest BCUT2D eigenvalue weighted by Gasteiger charge is -2.15. The van der Waals surface area contributed by atoms with Crippen LogP contribution in [0.1, 0.15) is 57.4 Å². The number of aromatic amines is 1. The molecule has 4 aromatic carbocycles. The molecule has 0 aliphatic rings. The van der Waals surface area contributed by atoms with Crippen molar-refractivity contribution in [3.05, 3.63) is 90.3 Å². The zero-order valence-corrected chi connectivity index (χ0v) is 32.5. The van der Waals surface area contributed by atoms with E-state index >= 15 is 0 Å². The van der Waals surface area contributed by atoms with Crippen molar-refractivity contribution >= 4 is 56.2 Å². The van der Waals surface area contributed by atoms with Crippen molar-refractivity contribution in [2.45, 2.75) is 60.8 Å². The van der Waals surface area contributed by atoms with Crippen LogP contribution in [-0.4, -0.2) is 61.4 Å². The zero-order chi connectivity index (χ0) is 35.7. The number of nitrogens with zero attached hydrogens (tertiary/aromatic N) is 5. The molecule has 0 aliphatic heterocycles. The van der Waals surface area contributed by atoms with Gasteiger partial charge in [0.05, 0.1) is 0 Å². The summed E-state index contributed by atoms with van der Waals surface area (Å²) in [6.07, 6.45) is 3.96. The van der Waals surface area contributed by atoms with Crippen LogP contribution in [0.25, 0.3) is 22.1 Å². The SMILES string of the molecule is C.CCc1cc(N(C)C)cc2nc3cc(N(C)C)cc(CC)c3[nH+]c12.CCc1cc(N(C)C)ccc1N.CCc1cc(N(C)C)ccc1N.[CH3-]. The fourth-order valence-electron chi connectivity index (χ4n) is 5.49. The second kappa shape index (κ2) is 19.5. The van der Waals surface area contributed by atoms with Gasteiger partial charge in [-0.3, -0.25) is 0 Å². The minimum absolute atomic E-state index is 0. The van der Waals surface area contributed by atoms with Gasteiger partial charge in [0.1, 0.15) is 11.0 Å². The van der Waals surface area contributed by atoms with Crippen molar-refractivity contribution in [2.75, 3.05) is 87.4 Å². The molecule has 0 fully saturated rings. The highest BCUT2D eigenvalue weighted by Gasteiger charge is 2.17. The quantitative estimate of drug-likeness (QED) is 0.0966. The molecule has 0 amide bonds. The average Bonchev–Trinajstić information content (AvgIpc) is 3.06. The molecule has 5 aromatic rings. The third-order valence-electron chi connectivity index (χ3n) is 8.70. The Morgan fingerprint density at radius 2 is 0.780 bits per heavy atom. The van der Waals surface area contributed by atoms with E-state index in [0.717, 1.165) is 59.1 Å². The summed E-state index contributed by atoms with van der Waals surface area (Å²) in [6, 6.07) is 21.1. The number of aromatic nitrogens is 2. The fourth-order valence-corrected chi connectivity index (χ4v) is 5.49. The molecule has 0 atom stereocenters. The summed E-state index contributed by atoms with van der Waals surface area (Å²) >= 11 is 0. The van der Waals surface area contributed by atoms with E-state index in [1.54, 1.807) is 0 Å². The number of hydrogen-bond acceptors (Lipinski definition) is 7. The van der Waals surface area contributed by atoms with E-state index < -0.39 is 0 Å². The van der Waals surface area contributed by atoms with Crippen LogP contribution in [0.15, 0.2) is 60.7 Å². The summed E-state index contributed by atoms with van der Waals surface area (Å²) in [5.41, 5.74) is 27.6. The van der Waals surface area contributed by atoms with Gasteiger partial charge in [-0.25, -0.2) is 9.97 Å². The molecular weight excluding hydrogens is 617 g/mol. The number of rotatable bonds is 8. The first kappa shape index (κ1) is 43.3. The van der Waals surface area contributed by atoms with Crippen molar-refractivity contribution in [1.82, 2.24) is 4.98 Å². The molecule has 0 unspecified atom stereocenters. The molecule has 8 heteroatoms.